The fourth-order valence-corrected chi connectivity index (χ4v) is 4.52. The van der Waals surface area contributed by atoms with Crippen molar-refractivity contribution in [3.8, 4) is 0 Å². The Labute approximate surface area is 131 Å². The summed E-state index contributed by atoms with van der Waals surface area (Å²) in [5.74, 6) is 0.969. The number of hydrogen-bond acceptors (Lipinski definition) is 1. The predicted octanol–water partition coefficient (Wildman–Crippen LogP) is 3.97. The molecule has 0 N–H and O–H groups in total. The zero-order valence-electron chi connectivity index (χ0n) is 13.3. The fourth-order valence-electron chi connectivity index (χ4n) is 4.52. The van der Waals surface area contributed by atoms with Crippen LogP contribution in [-0.2, 0) is 7.05 Å². The molecule has 1 saturated carbocycles. The van der Waals surface area contributed by atoms with Crippen LogP contribution in [-0.4, -0.2) is 28.0 Å². The van der Waals surface area contributed by atoms with Gasteiger partial charge in [0.05, 0.1) is 0 Å². The third-order valence-electron chi connectivity index (χ3n) is 5.67. The molecule has 0 spiro atoms. The molecule has 0 unspecified atom stereocenters. The molecule has 3 heteroatoms. The van der Waals surface area contributed by atoms with Gasteiger partial charge < -0.3 is 9.47 Å². The van der Waals surface area contributed by atoms with E-state index in [2.05, 4.69) is 27.7 Å². The molecule has 1 aromatic heterocycles. The monoisotopic (exact) mass is 296 g/mol. The first kappa shape index (κ1) is 13.9. The van der Waals surface area contributed by atoms with E-state index in [1.165, 1.54) is 32.1 Å². The maximum absolute atomic E-state index is 13.2. The van der Waals surface area contributed by atoms with Crippen LogP contribution in [0.1, 0.15) is 49.0 Å². The number of para-hydroxylation sites is 1. The number of benzene rings is 1. The van der Waals surface area contributed by atoms with Gasteiger partial charge in [-0.05, 0) is 43.7 Å². The third-order valence-corrected chi connectivity index (χ3v) is 5.67. The van der Waals surface area contributed by atoms with Crippen molar-refractivity contribution in [3.63, 3.8) is 0 Å². The molecule has 1 saturated heterocycles. The lowest BCUT2D eigenvalue weighted by molar-refractivity contribution is 0.0382. The Morgan fingerprint density at radius 2 is 1.86 bits per heavy atom. The summed E-state index contributed by atoms with van der Waals surface area (Å²) in [6.45, 7) is 0.932. The highest BCUT2D eigenvalue weighted by atomic mass is 16.2. The highest BCUT2D eigenvalue weighted by Crippen LogP contribution is 2.36. The minimum absolute atomic E-state index is 0.232. The largest absolute Gasteiger partial charge is 0.340 e. The minimum atomic E-state index is 0.232. The lowest BCUT2D eigenvalue weighted by Gasteiger charge is -2.44. The average Bonchev–Trinajstić information content (AvgIpc) is 2.91. The van der Waals surface area contributed by atoms with E-state index >= 15 is 0 Å². The molecule has 2 heterocycles. The van der Waals surface area contributed by atoms with Crippen LogP contribution in [0, 0.1) is 5.92 Å². The number of aryl methyl sites for hydroxylation is 1. The molecule has 1 aliphatic heterocycles. The number of fused-ring (bicyclic) bond motifs is 2. The lowest BCUT2D eigenvalue weighted by atomic mass is 9.78. The Balaban J connectivity index is 1.68. The van der Waals surface area contributed by atoms with Crippen LogP contribution >= 0.6 is 0 Å². The smallest absolute Gasteiger partial charge is 0.270 e. The molecule has 2 aliphatic rings. The van der Waals surface area contributed by atoms with Crippen LogP contribution in [0.25, 0.3) is 10.9 Å². The molecule has 116 valence electrons. The number of likely N-dealkylation sites (tertiary alicyclic amines) is 1. The van der Waals surface area contributed by atoms with Gasteiger partial charge in [0.2, 0.25) is 0 Å². The quantitative estimate of drug-likeness (QED) is 0.781. The molecule has 0 bridgehead atoms. The van der Waals surface area contributed by atoms with Gasteiger partial charge in [0, 0.05) is 30.5 Å². The first-order valence-corrected chi connectivity index (χ1v) is 8.61. The van der Waals surface area contributed by atoms with Gasteiger partial charge in [-0.2, -0.15) is 0 Å². The molecule has 3 nitrogen and oxygen atoms in total. The van der Waals surface area contributed by atoms with E-state index in [0.717, 1.165) is 35.5 Å². The highest BCUT2D eigenvalue weighted by Gasteiger charge is 2.36. The third kappa shape index (κ3) is 2.15. The summed E-state index contributed by atoms with van der Waals surface area (Å²) in [6, 6.07) is 10.8. The SMILES string of the molecule is Cn1c(C(=O)N2CCC[C@@H]3CCCC[C@H]32)cc2ccccc21. The Morgan fingerprint density at radius 3 is 2.73 bits per heavy atom. The van der Waals surface area contributed by atoms with Crippen LogP contribution < -0.4 is 0 Å². The summed E-state index contributed by atoms with van der Waals surface area (Å²) in [4.78, 5) is 15.3. The number of amides is 1. The van der Waals surface area contributed by atoms with E-state index in [-0.39, 0.29) is 5.91 Å². The molecule has 4 rings (SSSR count). The van der Waals surface area contributed by atoms with Gasteiger partial charge in [-0.1, -0.05) is 31.0 Å². The van der Waals surface area contributed by atoms with E-state index < -0.39 is 0 Å². The average molecular weight is 296 g/mol. The van der Waals surface area contributed by atoms with Crippen molar-refractivity contribution in [2.45, 2.75) is 44.6 Å². The first-order valence-electron chi connectivity index (χ1n) is 8.61. The maximum Gasteiger partial charge on any atom is 0.270 e. The molecule has 1 aromatic carbocycles. The van der Waals surface area contributed by atoms with Gasteiger partial charge in [0.1, 0.15) is 5.69 Å². The van der Waals surface area contributed by atoms with E-state index in [1.54, 1.807) is 0 Å². The standard InChI is InChI=1S/C19H24N2O/c1-20-16-10-4-3-8-15(16)13-18(20)19(22)21-12-6-9-14-7-2-5-11-17(14)21/h3-4,8,10,13-14,17H,2,5-7,9,11-12H2,1H3/t14-,17+/m0/s1. The Bertz CT molecular complexity index is 701. The normalized spacial score (nSPS) is 25.2. The maximum atomic E-state index is 13.2. The first-order chi connectivity index (χ1) is 10.8. The van der Waals surface area contributed by atoms with Crippen molar-refractivity contribution in [1.82, 2.24) is 9.47 Å². The van der Waals surface area contributed by atoms with Crippen molar-refractivity contribution in [1.29, 1.82) is 0 Å². The second kappa shape index (κ2) is 5.45. The van der Waals surface area contributed by atoms with Crippen molar-refractivity contribution < 1.29 is 4.79 Å². The molecule has 1 amide bonds. The molecule has 2 aromatic rings. The molecule has 2 atom stereocenters. The molecule has 22 heavy (non-hydrogen) atoms. The Morgan fingerprint density at radius 1 is 1.09 bits per heavy atom. The van der Waals surface area contributed by atoms with E-state index in [1.807, 2.05) is 19.2 Å². The summed E-state index contributed by atoms with van der Waals surface area (Å²) >= 11 is 0. The zero-order valence-corrected chi connectivity index (χ0v) is 13.3. The summed E-state index contributed by atoms with van der Waals surface area (Å²) in [5, 5.41) is 1.16. The number of carbonyl (C=O) groups is 1. The van der Waals surface area contributed by atoms with Crippen molar-refractivity contribution in [3.05, 3.63) is 36.0 Å². The van der Waals surface area contributed by atoms with Gasteiger partial charge >= 0.3 is 0 Å². The van der Waals surface area contributed by atoms with Crippen molar-refractivity contribution in [2.75, 3.05) is 6.54 Å². The van der Waals surface area contributed by atoms with Gasteiger partial charge in [-0.25, -0.2) is 0 Å². The van der Waals surface area contributed by atoms with E-state index in [9.17, 15) is 4.79 Å². The van der Waals surface area contributed by atoms with Crippen molar-refractivity contribution >= 4 is 16.8 Å². The van der Waals surface area contributed by atoms with Crippen molar-refractivity contribution in [2.24, 2.45) is 13.0 Å². The van der Waals surface area contributed by atoms with Gasteiger partial charge in [0.15, 0.2) is 0 Å². The highest BCUT2D eigenvalue weighted by molar-refractivity contribution is 5.99. The molecule has 0 radical (unpaired) electrons. The number of hydrogen-bond donors (Lipinski definition) is 0. The zero-order chi connectivity index (χ0) is 15.1. The predicted molar refractivity (Wildman–Crippen MR) is 88.9 cm³/mol. The summed E-state index contributed by atoms with van der Waals surface area (Å²) < 4.78 is 2.06. The van der Waals surface area contributed by atoms with Gasteiger partial charge in [0.25, 0.3) is 5.91 Å². The number of carbonyl (C=O) groups excluding carboxylic acids is 1. The lowest BCUT2D eigenvalue weighted by Crippen LogP contribution is -2.50. The minimum Gasteiger partial charge on any atom is -0.340 e. The second-order valence-corrected chi connectivity index (χ2v) is 6.90. The summed E-state index contributed by atoms with van der Waals surface area (Å²) in [7, 11) is 2.01. The number of rotatable bonds is 1. The van der Waals surface area contributed by atoms with Crippen LogP contribution in [0.3, 0.4) is 0 Å². The van der Waals surface area contributed by atoms with Crippen LogP contribution in [0.15, 0.2) is 30.3 Å². The second-order valence-electron chi connectivity index (χ2n) is 6.90. The number of aromatic nitrogens is 1. The Hall–Kier alpha value is -1.77. The topological polar surface area (TPSA) is 25.2 Å². The Kier molecular flexibility index (Phi) is 3.44. The number of nitrogens with zero attached hydrogens (tertiary/aromatic N) is 2. The van der Waals surface area contributed by atoms with Gasteiger partial charge in [-0.3, -0.25) is 4.79 Å². The number of piperidine rings is 1. The molecular formula is C19H24N2O. The van der Waals surface area contributed by atoms with E-state index in [4.69, 9.17) is 0 Å². The van der Waals surface area contributed by atoms with Crippen LogP contribution in [0.4, 0.5) is 0 Å². The van der Waals surface area contributed by atoms with Gasteiger partial charge in [-0.15, -0.1) is 0 Å². The van der Waals surface area contributed by atoms with Crippen LogP contribution in [0.5, 0.6) is 0 Å². The fraction of sp³-hybridized carbons (Fsp3) is 0.526. The summed E-state index contributed by atoms with van der Waals surface area (Å²) in [5.41, 5.74) is 1.98. The molecular weight excluding hydrogens is 272 g/mol. The van der Waals surface area contributed by atoms with E-state index in [0.29, 0.717) is 6.04 Å². The van der Waals surface area contributed by atoms with Crippen LogP contribution in [0.2, 0.25) is 0 Å². The summed E-state index contributed by atoms with van der Waals surface area (Å²) in [6.07, 6.45) is 7.60. The molecule has 2 fully saturated rings. The molecule has 1 aliphatic carbocycles.